The first-order chi connectivity index (χ1) is 13.6. The van der Waals surface area contributed by atoms with Crippen LogP contribution in [0, 0.1) is 5.82 Å². The van der Waals surface area contributed by atoms with Gasteiger partial charge in [-0.3, -0.25) is 14.5 Å². The molecule has 3 aromatic heterocycles. The SMILES string of the molecule is Cn1nc(-c2ccc(F)cc2)cc1C(=O)NCc1cncc(-c2ccsc2)c1. The van der Waals surface area contributed by atoms with Crippen LogP contribution in [0.15, 0.2) is 65.6 Å². The smallest absolute Gasteiger partial charge is 0.269 e. The minimum Gasteiger partial charge on any atom is -0.347 e. The molecule has 7 heteroatoms. The van der Waals surface area contributed by atoms with E-state index in [0.29, 0.717) is 17.9 Å². The lowest BCUT2D eigenvalue weighted by Crippen LogP contribution is -2.25. The third-order valence-corrected chi connectivity index (χ3v) is 5.04. The molecule has 3 heterocycles. The van der Waals surface area contributed by atoms with E-state index < -0.39 is 0 Å². The molecule has 0 saturated carbocycles. The van der Waals surface area contributed by atoms with Crippen molar-refractivity contribution >= 4 is 17.2 Å². The first-order valence-electron chi connectivity index (χ1n) is 8.65. The third-order valence-electron chi connectivity index (χ3n) is 4.35. The molecule has 140 valence electrons. The number of carbonyl (C=O) groups excluding carboxylic acids is 1. The van der Waals surface area contributed by atoms with Crippen LogP contribution < -0.4 is 5.32 Å². The number of halogens is 1. The fraction of sp³-hybridized carbons (Fsp3) is 0.0952. The lowest BCUT2D eigenvalue weighted by atomic mass is 10.1. The summed E-state index contributed by atoms with van der Waals surface area (Å²) >= 11 is 1.63. The topological polar surface area (TPSA) is 59.8 Å². The van der Waals surface area contributed by atoms with Crippen LogP contribution in [0.1, 0.15) is 16.1 Å². The van der Waals surface area contributed by atoms with Crippen molar-refractivity contribution in [3.05, 3.63) is 82.7 Å². The van der Waals surface area contributed by atoms with Crippen molar-refractivity contribution in [2.75, 3.05) is 0 Å². The molecule has 5 nitrogen and oxygen atoms in total. The average molecular weight is 392 g/mol. The molecule has 0 aliphatic rings. The highest BCUT2D eigenvalue weighted by atomic mass is 32.1. The molecule has 0 spiro atoms. The number of rotatable bonds is 5. The summed E-state index contributed by atoms with van der Waals surface area (Å²) < 4.78 is 14.6. The summed E-state index contributed by atoms with van der Waals surface area (Å²) in [7, 11) is 1.71. The van der Waals surface area contributed by atoms with Gasteiger partial charge in [0.25, 0.3) is 5.91 Å². The number of pyridine rings is 1. The van der Waals surface area contributed by atoms with Crippen LogP contribution in [-0.2, 0) is 13.6 Å². The highest BCUT2D eigenvalue weighted by Gasteiger charge is 2.14. The van der Waals surface area contributed by atoms with E-state index in [-0.39, 0.29) is 11.7 Å². The van der Waals surface area contributed by atoms with Gasteiger partial charge in [0.05, 0.1) is 5.69 Å². The Morgan fingerprint density at radius 2 is 1.93 bits per heavy atom. The number of benzene rings is 1. The Morgan fingerprint density at radius 1 is 1.11 bits per heavy atom. The summed E-state index contributed by atoms with van der Waals surface area (Å²) in [6.07, 6.45) is 3.55. The Bertz CT molecular complexity index is 1100. The Kier molecular flexibility index (Phi) is 4.99. The molecular formula is C21H17FN4OS. The normalized spacial score (nSPS) is 10.8. The zero-order chi connectivity index (χ0) is 19.5. The maximum Gasteiger partial charge on any atom is 0.269 e. The van der Waals surface area contributed by atoms with Crippen molar-refractivity contribution in [2.45, 2.75) is 6.54 Å². The molecule has 1 amide bonds. The summed E-state index contributed by atoms with van der Waals surface area (Å²) in [5.41, 5.74) is 4.85. The van der Waals surface area contributed by atoms with Gasteiger partial charge in [-0.1, -0.05) is 0 Å². The van der Waals surface area contributed by atoms with Crippen molar-refractivity contribution in [3.63, 3.8) is 0 Å². The summed E-state index contributed by atoms with van der Waals surface area (Å²) in [5.74, 6) is -0.541. The predicted molar refractivity (Wildman–Crippen MR) is 107 cm³/mol. The second kappa shape index (κ2) is 7.74. The van der Waals surface area contributed by atoms with Crippen molar-refractivity contribution in [3.8, 4) is 22.4 Å². The van der Waals surface area contributed by atoms with Gasteiger partial charge >= 0.3 is 0 Å². The van der Waals surface area contributed by atoms with Crippen molar-refractivity contribution in [1.29, 1.82) is 0 Å². The van der Waals surface area contributed by atoms with Crippen molar-refractivity contribution < 1.29 is 9.18 Å². The first-order valence-corrected chi connectivity index (χ1v) is 9.59. The molecule has 1 aromatic carbocycles. The molecular weight excluding hydrogens is 375 g/mol. The van der Waals surface area contributed by atoms with Gasteiger partial charge in [0, 0.05) is 37.1 Å². The molecule has 0 radical (unpaired) electrons. The molecule has 0 bridgehead atoms. The monoisotopic (exact) mass is 392 g/mol. The largest absolute Gasteiger partial charge is 0.347 e. The van der Waals surface area contributed by atoms with E-state index in [0.717, 1.165) is 22.3 Å². The highest BCUT2D eigenvalue weighted by molar-refractivity contribution is 7.08. The fourth-order valence-corrected chi connectivity index (χ4v) is 3.55. The number of hydrogen-bond acceptors (Lipinski definition) is 4. The van der Waals surface area contributed by atoms with Gasteiger partial charge in [-0.15, -0.1) is 0 Å². The van der Waals surface area contributed by atoms with E-state index in [1.54, 1.807) is 42.8 Å². The number of thiophene rings is 1. The Morgan fingerprint density at radius 3 is 2.68 bits per heavy atom. The molecule has 1 N–H and O–H groups in total. The van der Waals surface area contributed by atoms with Crippen LogP contribution >= 0.6 is 11.3 Å². The van der Waals surface area contributed by atoms with Gasteiger partial charge in [0.1, 0.15) is 11.5 Å². The maximum absolute atomic E-state index is 13.1. The number of hydrogen-bond donors (Lipinski definition) is 1. The highest BCUT2D eigenvalue weighted by Crippen LogP contribution is 2.22. The van der Waals surface area contributed by atoms with E-state index in [2.05, 4.69) is 20.8 Å². The van der Waals surface area contributed by atoms with E-state index in [1.807, 2.05) is 23.7 Å². The third kappa shape index (κ3) is 3.84. The Labute approximate surface area is 165 Å². The second-order valence-electron chi connectivity index (χ2n) is 6.32. The number of aryl methyl sites for hydroxylation is 1. The van der Waals surface area contributed by atoms with Gasteiger partial charge in [-0.2, -0.15) is 16.4 Å². The van der Waals surface area contributed by atoms with Crippen LogP contribution in [0.3, 0.4) is 0 Å². The summed E-state index contributed by atoms with van der Waals surface area (Å²) in [4.78, 5) is 16.9. The van der Waals surface area contributed by atoms with Gasteiger partial charge in [-0.25, -0.2) is 4.39 Å². The Hall–Kier alpha value is -3.32. The second-order valence-corrected chi connectivity index (χ2v) is 7.10. The lowest BCUT2D eigenvalue weighted by molar-refractivity contribution is 0.0941. The van der Waals surface area contributed by atoms with Crippen molar-refractivity contribution in [2.24, 2.45) is 7.05 Å². The van der Waals surface area contributed by atoms with Crippen LogP contribution in [-0.4, -0.2) is 20.7 Å². The molecule has 28 heavy (non-hydrogen) atoms. The zero-order valence-electron chi connectivity index (χ0n) is 15.1. The Balaban J connectivity index is 1.47. The fourth-order valence-electron chi connectivity index (χ4n) is 2.89. The van der Waals surface area contributed by atoms with Crippen LogP contribution in [0.25, 0.3) is 22.4 Å². The van der Waals surface area contributed by atoms with E-state index in [9.17, 15) is 9.18 Å². The molecule has 0 aliphatic heterocycles. The quantitative estimate of drug-likeness (QED) is 0.551. The van der Waals surface area contributed by atoms with Crippen LogP contribution in [0.2, 0.25) is 0 Å². The molecule has 4 aromatic rings. The maximum atomic E-state index is 13.1. The number of nitrogens with zero attached hydrogens (tertiary/aromatic N) is 3. The van der Waals surface area contributed by atoms with Crippen LogP contribution in [0.4, 0.5) is 4.39 Å². The number of amides is 1. The first kappa shape index (κ1) is 18.1. The lowest BCUT2D eigenvalue weighted by Gasteiger charge is -2.06. The standard InChI is InChI=1S/C21H17FN4OS/c1-26-20(9-19(25-26)15-2-4-18(22)5-3-15)21(27)24-11-14-8-17(12-23-10-14)16-6-7-28-13-16/h2-10,12-13H,11H2,1H3,(H,24,27). The van der Waals surface area contributed by atoms with Gasteiger partial charge < -0.3 is 5.32 Å². The average Bonchev–Trinajstić information content (AvgIpc) is 3.37. The molecule has 4 rings (SSSR count). The zero-order valence-corrected chi connectivity index (χ0v) is 15.9. The molecule has 0 fully saturated rings. The number of nitrogens with one attached hydrogen (secondary N) is 1. The van der Waals surface area contributed by atoms with E-state index in [4.69, 9.17) is 0 Å². The predicted octanol–water partition coefficient (Wildman–Crippen LogP) is 4.28. The van der Waals surface area contributed by atoms with E-state index >= 15 is 0 Å². The minimum atomic E-state index is -0.309. The van der Waals surface area contributed by atoms with Crippen LogP contribution in [0.5, 0.6) is 0 Å². The molecule has 0 unspecified atom stereocenters. The molecule has 0 saturated heterocycles. The van der Waals surface area contributed by atoms with E-state index in [1.165, 1.54) is 16.8 Å². The number of carbonyl (C=O) groups is 1. The molecule has 0 atom stereocenters. The van der Waals surface area contributed by atoms with Gasteiger partial charge in [-0.05, 0) is 64.4 Å². The van der Waals surface area contributed by atoms with Gasteiger partial charge in [0.15, 0.2) is 0 Å². The number of aromatic nitrogens is 3. The van der Waals surface area contributed by atoms with Crippen molar-refractivity contribution in [1.82, 2.24) is 20.1 Å². The summed E-state index contributed by atoms with van der Waals surface area (Å²) in [6.45, 7) is 0.362. The molecule has 0 aliphatic carbocycles. The summed E-state index contributed by atoms with van der Waals surface area (Å²) in [6, 6.07) is 11.8. The van der Waals surface area contributed by atoms with Gasteiger partial charge in [0.2, 0.25) is 0 Å². The summed E-state index contributed by atoms with van der Waals surface area (Å²) in [5, 5.41) is 11.3. The minimum absolute atomic E-state index is 0.232.